The van der Waals surface area contributed by atoms with E-state index in [4.69, 9.17) is 23.2 Å². The zero-order valence-electron chi connectivity index (χ0n) is 15.2. The topological polar surface area (TPSA) is 148 Å². The molecule has 5 N–H and O–H groups in total. The lowest BCUT2D eigenvalue weighted by Crippen LogP contribution is -2.41. The number of nitrogens with zero attached hydrogens (tertiary/aromatic N) is 2. The number of fused-ring (bicyclic) bond motifs is 1. The normalized spacial score (nSPS) is 13.8. The van der Waals surface area contributed by atoms with Gasteiger partial charge in [-0.15, -0.1) is 0 Å². The molecule has 0 aliphatic carbocycles. The van der Waals surface area contributed by atoms with E-state index in [0.29, 0.717) is 21.1 Å². The summed E-state index contributed by atoms with van der Waals surface area (Å²) >= 11 is 11.7. The highest BCUT2D eigenvalue weighted by molar-refractivity contribution is 6.31. The summed E-state index contributed by atoms with van der Waals surface area (Å²) in [5.74, 6) is -0.657. The molecule has 0 fully saturated rings. The third kappa shape index (κ3) is 4.84. The summed E-state index contributed by atoms with van der Waals surface area (Å²) in [4.78, 5) is 31.5. The molecular weight excluding hydrogens is 435 g/mol. The molecule has 1 heterocycles. The molecule has 1 amide bonds. The van der Waals surface area contributed by atoms with Crippen LogP contribution in [-0.2, 0) is 0 Å². The molecule has 2 aromatic carbocycles. The van der Waals surface area contributed by atoms with Gasteiger partial charge in [0, 0.05) is 15.6 Å². The van der Waals surface area contributed by atoms with Crippen LogP contribution in [0, 0.1) is 0 Å². The highest BCUT2D eigenvalue weighted by Gasteiger charge is 2.27. The van der Waals surface area contributed by atoms with Crippen molar-refractivity contribution in [3.8, 4) is 0 Å². The molecular formula is C19H16Cl2N4O5. The number of aromatic amines is 1. The van der Waals surface area contributed by atoms with Crippen LogP contribution >= 0.6 is 23.2 Å². The maximum absolute atomic E-state index is 12.5. The number of aliphatic hydroxyl groups is 3. The van der Waals surface area contributed by atoms with Gasteiger partial charge in [0.1, 0.15) is 17.9 Å². The van der Waals surface area contributed by atoms with Crippen molar-refractivity contribution >= 4 is 45.9 Å². The predicted octanol–water partition coefficient (Wildman–Crippen LogP) is 1.08. The van der Waals surface area contributed by atoms with Crippen molar-refractivity contribution in [2.24, 2.45) is 5.10 Å². The first-order chi connectivity index (χ1) is 14.3. The van der Waals surface area contributed by atoms with Crippen molar-refractivity contribution < 1.29 is 20.1 Å². The fraction of sp³-hybridized carbons (Fsp3) is 0.158. The minimum atomic E-state index is -1.81. The van der Waals surface area contributed by atoms with Gasteiger partial charge in [-0.05, 0) is 42.5 Å². The second kappa shape index (κ2) is 9.33. The molecule has 0 bridgehead atoms. The van der Waals surface area contributed by atoms with E-state index < -0.39 is 36.0 Å². The van der Waals surface area contributed by atoms with Crippen LogP contribution in [0.2, 0.25) is 10.0 Å². The summed E-state index contributed by atoms with van der Waals surface area (Å²) < 4.78 is 0. The summed E-state index contributed by atoms with van der Waals surface area (Å²) in [6, 6.07) is 10.5. The van der Waals surface area contributed by atoms with Crippen molar-refractivity contribution in [1.82, 2.24) is 15.4 Å². The summed E-state index contributed by atoms with van der Waals surface area (Å²) in [5.41, 5.74) is 1.56. The average Bonchev–Trinajstić information content (AvgIpc) is 2.73. The van der Waals surface area contributed by atoms with E-state index in [0.717, 1.165) is 0 Å². The molecule has 3 aromatic rings. The van der Waals surface area contributed by atoms with Crippen molar-refractivity contribution in [2.45, 2.75) is 12.2 Å². The second-order valence-corrected chi connectivity index (χ2v) is 7.09. The number of hydrazone groups is 1. The number of benzene rings is 2. The first kappa shape index (κ1) is 21.9. The van der Waals surface area contributed by atoms with Crippen LogP contribution in [0.3, 0.4) is 0 Å². The smallest absolute Gasteiger partial charge is 0.276 e. The van der Waals surface area contributed by atoms with Gasteiger partial charge in [-0.25, -0.2) is 10.4 Å². The van der Waals surface area contributed by atoms with Crippen molar-refractivity contribution in [3.63, 3.8) is 0 Å². The molecule has 0 saturated carbocycles. The Morgan fingerprint density at radius 3 is 2.47 bits per heavy atom. The molecule has 2 unspecified atom stereocenters. The number of H-pyrrole nitrogens is 1. The van der Waals surface area contributed by atoms with Crippen LogP contribution in [0.15, 0.2) is 52.4 Å². The molecule has 0 spiro atoms. The summed E-state index contributed by atoms with van der Waals surface area (Å²) in [6.45, 7) is -0.817. The van der Waals surface area contributed by atoms with Gasteiger partial charge in [0.05, 0.1) is 17.6 Å². The van der Waals surface area contributed by atoms with E-state index in [1.807, 2.05) is 0 Å². The van der Waals surface area contributed by atoms with Gasteiger partial charge in [-0.1, -0.05) is 23.2 Å². The summed E-state index contributed by atoms with van der Waals surface area (Å²) in [7, 11) is 0. The van der Waals surface area contributed by atoms with E-state index in [1.54, 1.807) is 12.1 Å². The Morgan fingerprint density at radius 1 is 1.13 bits per heavy atom. The molecule has 0 radical (unpaired) electrons. The molecule has 156 valence electrons. The Hall–Kier alpha value is -2.82. The average molecular weight is 451 g/mol. The number of hydrogen-bond donors (Lipinski definition) is 5. The maximum Gasteiger partial charge on any atom is 0.276 e. The second-order valence-electron chi connectivity index (χ2n) is 6.22. The monoisotopic (exact) mass is 450 g/mol. The lowest BCUT2D eigenvalue weighted by atomic mass is 10.1. The molecule has 0 aliphatic rings. The Kier molecular flexibility index (Phi) is 6.80. The molecule has 2 atom stereocenters. The summed E-state index contributed by atoms with van der Waals surface area (Å²) in [6.07, 6.45) is -3.49. The van der Waals surface area contributed by atoms with Crippen molar-refractivity contribution in [3.05, 3.63) is 74.1 Å². The minimum Gasteiger partial charge on any atom is -0.394 e. The number of rotatable bonds is 6. The van der Waals surface area contributed by atoms with E-state index in [9.17, 15) is 24.9 Å². The van der Waals surface area contributed by atoms with Crippen LogP contribution in [-0.4, -0.2) is 55.7 Å². The van der Waals surface area contributed by atoms with E-state index in [-0.39, 0.29) is 11.3 Å². The standard InChI is InChI=1S/C19H16Cl2N4O5/c20-10-3-1-9(2-4-10)18(29)25-24-15(17(28)14(27)8-26)16-19(30)23-12-6-5-11(21)7-13(12)22-16/h1-7,14,17,26-28H,8H2,(H,23,30)(H,25,29)/b24-15+. The fourth-order valence-corrected chi connectivity index (χ4v) is 2.84. The zero-order chi connectivity index (χ0) is 21.8. The Morgan fingerprint density at radius 2 is 1.80 bits per heavy atom. The number of carbonyl (C=O) groups excluding carboxylic acids is 1. The number of aliphatic hydroxyl groups excluding tert-OH is 3. The summed E-state index contributed by atoms with van der Waals surface area (Å²) in [5, 5.41) is 34.0. The number of hydrogen-bond acceptors (Lipinski definition) is 7. The van der Waals surface area contributed by atoms with Gasteiger partial charge < -0.3 is 20.3 Å². The lowest BCUT2D eigenvalue weighted by Gasteiger charge is -2.17. The van der Waals surface area contributed by atoms with Crippen LogP contribution in [0.1, 0.15) is 16.1 Å². The number of carbonyl (C=O) groups is 1. The van der Waals surface area contributed by atoms with Gasteiger partial charge in [0.15, 0.2) is 5.69 Å². The highest BCUT2D eigenvalue weighted by atomic mass is 35.5. The van der Waals surface area contributed by atoms with Crippen LogP contribution in [0.5, 0.6) is 0 Å². The van der Waals surface area contributed by atoms with Crippen molar-refractivity contribution in [2.75, 3.05) is 6.61 Å². The minimum absolute atomic E-state index is 0.215. The third-order valence-corrected chi connectivity index (χ3v) is 4.60. The number of halogens is 2. The quantitative estimate of drug-likeness (QED) is 0.280. The van der Waals surface area contributed by atoms with Gasteiger partial charge in [-0.2, -0.15) is 5.10 Å². The molecule has 30 heavy (non-hydrogen) atoms. The molecule has 11 heteroatoms. The largest absolute Gasteiger partial charge is 0.394 e. The fourth-order valence-electron chi connectivity index (χ4n) is 2.55. The van der Waals surface area contributed by atoms with E-state index in [2.05, 4.69) is 20.5 Å². The number of amides is 1. The highest BCUT2D eigenvalue weighted by Crippen LogP contribution is 2.16. The number of aromatic nitrogens is 2. The molecule has 0 aliphatic heterocycles. The lowest BCUT2D eigenvalue weighted by molar-refractivity contribution is 0.0183. The predicted molar refractivity (Wildman–Crippen MR) is 112 cm³/mol. The Bertz CT molecular complexity index is 1160. The first-order valence-corrected chi connectivity index (χ1v) is 9.36. The van der Waals surface area contributed by atoms with Gasteiger partial charge in [-0.3, -0.25) is 9.59 Å². The molecule has 1 aromatic heterocycles. The Labute approximate surface area is 179 Å². The van der Waals surface area contributed by atoms with E-state index >= 15 is 0 Å². The van der Waals surface area contributed by atoms with Crippen LogP contribution in [0.25, 0.3) is 11.0 Å². The van der Waals surface area contributed by atoms with Gasteiger partial charge >= 0.3 is 0 Å². The van der Waals surface area contributed by atoms with Crippen LogP contribution < -0.4 is 11.0 Å². The maximum atomic E-state index is 12.5. The molecule has 3 rings (SSSR count). The zero-order valence-corrected chi connectivity index (χ0v) is 16.7. The first-order valence-electron chi connectivity index (χ1n) is 8.60. The molecule has 0 saturated heterocycles. The van der Waals surface area contributed by atoms with Gasteiger partial charge in [0.2, 0.25) is 0 Å². The van der Waals surface area contributed by atoms with E-state index in [1.165, 1.54) is 30.3 Å². The number of nitrogens with one attached hydrogen (secondary N) is 2. The van der Waals surface area contributed by atoms with Crippen LogP contribution in [0.4, 0.5) is 0 Å². The van der Waals surface area contributed by atoms with Gasteiger partial charge in [0.25, 0.3) is 11.5 Å². The third-order valence-electron chi connectivity index (χ3n) is 4.11. The molecule has 9 nitrogen and oxygen atoms in total. The SMILES string of the molecule is O=C(N/N=C(\c1nc2cc(Cl)ccc2[nH]c1=O)C(O)C(O)CO)c1ccc(Cl)cc1. The Balaban J connectivity index is 2.04. The van der Waals surface area contributed by atoms with Crippen molar-refractivity contribution in [1.29, 1.82) is 0 Å².